The monoisotopic (exact) mass is 210 g/mol. The lowest BCUT2D eigenvalue weighted by atomic mass is 9.83. The lowest BCUT2D eigenvalue weighted by Gasteiger charge is -2.24. The Bertz CT molecular complexity index is 310. The summed E-state index contributed by atoms with van der Waals surface area (Å²) in [6.45, 7) is 0. The van der Waals surface area contributed by atoms with Crippen molar-refractivity contribution in [2.75, 3.05) is 0 Å². The highest BCUT2D eigenvalue weighted by molar-refractivity contribution is 7.08. The molecule has 0 spiro atoms. The predicted octanol–water partition coefficient (Wildman–Crippen LogP) is 1.84. The van der Waals surface area contributed by atoms with E-state index in [4.69, 9.17) is 5.73 Å². The average Bonchev–Trinajstić information content (AvgIpc) is 2.69. The van der Waals surface area contributed by atoms with Crippen molar-refractivity contribution in [2.24, 2.45) is 11.7 Å². The number of carbonyl (C=O) groups excluding carboxylic acids is 1. The van der Waals surface area contributed by atoms with Crippen LogP contribution in [-0.2, 0) is 0 Å². The first-order valence-electron chi connectivity index (χ1n) is 4.98. The minimum absolute atomic E-state index is 0.138. The summed E-state index contributed by atoms with van der Waals surface area (Å²) >= 11 is 1.29. The highest BCUT2D eigenvalue weighted by Crippen LogP contribution is 2.27. The van der Waals surface area contributed by atoms with Crippen molar-refractivity contribution in [3.63, 3.8) is 0 Å². The van der Waals surface area contributed by atoms with E-state index in [0.717, 1.165) is 30.6 Å². The molecule has 1 aliphatic rings. The summed E-state index contributed by atoms with van der Waals surface area (Å²) in [4.78, 5) is 12.7. The van der Waals surface area contributed by atoms with Gasteiger partial charge >= 0.3 is 0 Å². The van der Waals surface area contributed by atoms with Crippen LogP contribution in [0.4, 0.5) is 0 Å². The van der Waals surface area contributed by atoms with Crippen molar-refractivity contribution in [1.29, 1.82) is 0 Å². The van der Waals surface area contributed by atoms with Crippen LogP contribution in [0.15, 0.2) is 12.3 Å². The van der Waals surface area contributed by atoms with Crippen LogP contribution in [0.1, 0.15) is 35.4 Å². The van der Waals surface area contributed by atoms with Crippen LogP contribution in [0, 0.1) is 5.92 Å². The van der Waals surface area contributed by atoms with Gasteiger partial charge in [0.15, 0.2) is 5.78 Å². The summed E-state index contributed by atoms with van der Waals surface area (Å²) in [5.41, 5.74) is 5.85. The normalized spacial score (nSPS) is 27.5. The maximum atomic E-state index is 11.9. The lowest BCUT2D eigenvalue weighted by Crippen LogP contribution is -2.31. The molecule has 0 amide bonds. The topological polar surface area (TPSA) is 56.0 Å². The number of hydrogen-bond donors (Lipinski definition) is 1. The molecule has 1 fully saturated rings. The van der Waals surface area contributed by atoms with Gasteiger partial charge in [-0.2, -0.15) is 0 Å². The molecule has 76 valence electrons. The lowest BCUT2D eigenvalue weighted by molar-refractivity contribution is 0.0886. The quantitative estimate of drug-likeness (QED) is 0.758. The highest BCUT2D eigenvalue weighted by atomic mass is 32.1. The molecular formula is C10H14N2OS. The van der Waals surface area contributed by atoms with E-state index in [1.54, 1.807) is 12.3 Å². The first kappa shape index (κ1) is 9.80. The van der Waals surface area contributed by atoms with Gasteiger partial charge in [0.05, 0.1) is 4.88 Å². The van der Waals surface area contributed by atoms with Crippen LogP contribution < -0.4 is 5.73 Å². The molecule has 0 aromatic carbocycles. The number of carbonyl (C=O) groups is 1. The summed E-state index contributed by atoms with van der Waals surface area (Å²) in [6.07, 6.45) is 5.66. The fourth-order valence-corrected chi connectivity index (χ4v) is 2.62. The van der Waals surface area contributed by atoms with Gasteiger partial charge < -0.3 is 5.73 Å². The highest BCUT2D eigenvalue weighted by Gasteiger charge is 2.26. The van der Waals surface area contributed by atoms with Gasteiger partial charge in [-0.1, -0.05) is 6.42 Å². The summed E-state index contributed by atoms with van der Waals surface area (Å²) in [7, 11) is 0. The van der Waals surface area contributed by atoms with Gasteiger partial charge in [-0.25, -0.2) is 4.37 Å². The Balaban J connectivity index is 2.04. The average molecular weight is 210 g/mol. The molecule has 2 rings (SSSR count). The number of nitrogens with zero attached hydrogens (tertiary/aromatic N) is 1. The Morgan fingerprint density at radius 3 is 3.07 bits per heavy atom. The minimum Gasteiger partial charge on any atom is -0.328 e. The number of Topliss-reactive ketones (excluding diaryl/α,β-unsaturated/α-hetero) is 1. The Hall–Kier alpha value is -0.740. The first-order valence-corrected chi connectivity index (χ1v) is 5.75. The number of rotatable bonds is 2. The van der Waals surface area contributed by atoms with Gasteiger partial charge in [0, 0.05) is 18.2 Å². The van der Waals surface area contributed by atoms with Gasteiger partial charge in [0.1, 0.15) is 0 Å². The van der Waals surface area contributed by atoms with Gasteiger partial charge in [-0.3, -0.25) is 4.79 Å². The molecule has 2 N–H and O–H groups in total. The van der Waals surface area contributed by atoms with E-state index in [9.17, 15) is 4.79 Å². The molecule has 0 aliphatic heterocycles. The molecule has 0 radical (unpaired) electrons. The first-order chi connectivity index (χ1) is 6.77. The summed E-state index contributed by atoms with van der Waals surface area (Å²) < 4.78 is 3.95. The van der Waals surface area contributed by atoms with Crippen molar-refractivity contribution < 1.29 is 4.79 Å². The standard InChI is InChI=1S/C10H14N2OS/c11-8-3-1-2-7(6-8)10(13)9-4-5-12-14-9/h4-5,7-8H,1-3,6,11H2. The maximum Gasteiger partial charge on any atom is 0.177 e. The molecule has 2 atom stereocenters. The summed E-state index contributed by atoms with van der Waals surface area (Å²) in [5, 5.41) is 0. The molecule has 1 aliphatic carbocycles. The number of nitrogens with two attached hydrogens (primary N) is 1. The number of hydrogen-bond acceptors (Lipinski definition) is 4. The summed E-state index contributed by atoms with van der Waals surface area (Å²) in [6, 6.07) is 2.01. The van der Waals surface area contributed by atoms with Crippen molar-refractivity contribution >= 4 is 17.3 Å². The zero-order valence-electron chi connectivity index (χ0n) is 7.98. The van der Waals surface area contributed by atoms with Crippen LogP contribution in [0.2, 0.25) is 0 Å². The van der Waals surface area contributed by atoms with E-state index >= 15 is 0 Å². The molecule has 3 nitrogen and oxygen atoms in total. The van der Waals surface area contributed by atoms with Crippen LogP contribution >= 0.6 is 11.5 Å². The van der Waals surface area contributed by atoms with E-state index in [1.165, 1.54) is 11.5 Å². The number of aromatic nitrogens is 1. The van der Waals surface area contributed by atoms with E-state index in [0.29, 0.717) is 0 Å². The van der Waals surface area contributed by atoms with Crippen molar-refractivity contribution in [3.8, 4) is 0 Å². The van der Waals surface area contributed by atoms with Crippen molar-refractivity contribution in [3.05, 3.63) is 17.1 Å². The van der Waals surface area contributed by atoms with Crippen LogP contribution in [0.25, 0.3) is 0 Å². The minimum atomic E-state index is 0.138. The molecule has 1 heterocycles. The molecule has 0 bridgehead atoms. The Morgan fingerprint density at radius 2 is 2.43 bits per heavy atom. The Morgan fingerprint density at radius 1 is 1.57 bits per heavy atom. The second-order valence-corrected chi connectivity index (χ2v) is 4.70. The van der Waals surface area contributed by atoms with E-state index < -0.39 is 0 Å². The van der Waals surface area contributed by atoms with Gasteiger partial charge in [-0.05, 0) is 36.9 Å². The predicted molar refractivity (Wildman–Crippen MR) is 56.4 cm³/mol. The number of ketones is 1. The third-order valence-corrected chi connectivity index (χ3v) is 3.53. The fraction of sp³-hybridized carbons (Fsp3) is 0.600. The second-order valence-electron chi connectivity index (χ2n) is 3.86. The molecule has 14 heavy (non-hydrogen) atoms. The largest absolute Gasteiger partial charge is 0.328 e. The molecule has 2 unspecified atom stereocenters. The third kappa shape index (κ3) is 2.01. The van der Waals surface area contributed by atoms with Crippen LogP contribution in [0.3, 0.4) is 0 Å². The fourth-order valence-electron chi connectivity index (χ4n) is 2.01. The Labute approximate surface area is 87.5 Å². The third-order valence-electron chi connectivity index (χ3n) is 2.77. The van der Waals surface area contributed by atoms with Crippen molar-refractivity contribution in [1.82, 2.24) is 4.37 Å². The molecule has 1 saturated carbocycles. The van der Waals surface area contributed by atoms with E-state index in [2.05, 4.69) is 4.37 Å². The maximum absolute atomic E-state index is 11.9. The SMILES string of the molecule is NC1CCCC(C(=O)c2ccns2)C1. The zero-order valence-corrected chi connectivity index (χ0v) is 8.80. The van der Waals surface area contributed by atoms with Crippen LogP contribution in [-0.4, -0.2) is 16.2 Å². The molecule has 4 heteroatoms. The van der Waals surface area contributed by atoms with Crippen molar-refractivity contribution in [2.45, 2.75) is 31.7 Å². The smallest absolute Gasteiger partial charge is 0.177 e. The molecule has 1 aromatic rings. The Kier molecular flexibility index (Phi) is 2.93. The zero-order chi connectivity index (χ0) is 9.97. The van der Waals surface area contributed by atoms with E-state index in [-0.39, 0.29) is 17.7 Å². The second kappa shape index (κ2) is 4.19. The molecule has 1 aromatic heterocycles. The molecular weight excluding hydrogens is 196 g/mol. The van der Waals surface area contributed by atoms with Crippen LogP contribution in [0.5, 0.6) is 0 Å². The van der Waals surface area contributed by atoms with Gasteiger partial charge in [-0.15, -0.1) is 0 Å². The van der Waals surface area contributed by atoms with Gasteiger partial charge in [0.2, 0.25) is 0 Å². The van der Waals surface area contributed by atoms with Gasteiger partial charge in [0.25, 0.3) is 0 Å². The molecule has 0 saturated heterocycles. The summed E-state index contributed by atoms with van der Waals surface area (Å²) in [5.74, 6) is 0.377. The van der Waals surface area contributed by atoms with E-state index in [1.807, 2.05) is 0 Å².